The maximum Gasteiger partial charge on any atom is 0.348 e. The molecule has 10 heteroatoms. The van der Waals surface area contributed by atoms with Crippen molar-refractivity contribution in [1.82, 2.24) is 4.72 Å². The fourth-order valence-corrected chi connectivity index (χ4v) is 5.15. The summed E-state index contributed by atoms with van der Waals surface area (Å²) in [4.78, 5) is 28.9. The third-order valence-electron chi connectivity index (χ3n) is 4.52. The van der Waals surface area contributed by atoms with Crippen molar-refractivity contribution in [3.8, 4) is 0 Å². The smallest absolute Gasteiger partial charge is 0.348 e. The van der Waals surface area contributed by atoms with Crippen LogP contribution in [0.4, 0.5) is 5.69 Å². The van der Waals surface area contributed by atoms with Crippen LogP contribution in [0.25, 0.3) is 10.1 Å². The number of amides is 1. The van der Waals surface area contributed by atoms with Gasteiger partial charge in [-0.1, -0.05) is 24.3 Å². The summed E-state index contributed by atoms with van der Waals surface area (Å²) in [7, 11) is -3.79. The Morgan fingerprint density at radius 1 is 1.10 bits per heavy atom. The summed E-state index contributed by atoms with van der Waals surface area (Å²) in [6.07, 6.45) is 1.40. The molecule has 0 fully saturated rings. The monoisotopic (exact) mass is 457 g/mol. The molecular formula is C21H19N3O5S2. The van der Waals surface area contributed by atoms with E-state index >= 15 is 0 Å². The van der Waals surface area contributed by atoms with E-state index in [0.29, 0.717) is 23.7 Å². The van der Waals surface area contributed by atoms with Gasteiger partial charge in [-0.25, -0.2) is 13.2 Å². The van der Waals surface area contributed by atoms with Gasteiger partial charge >= 0.3 is 5.97 Å². The van der Waals surface area contributed by atoms with Gasteiger partial charge in [0.1, 0.15) is 10.7 Å². The molecule has 1 amide bonds. The van der Waals surface area contributed by atoms with Crippen LogP contribution in [0, 0.1) is 0 Å². The minimum absolute atomic E-state index is 0.00201. The summed E-state index contributed by atoms with van der Waals surface area (Å²) in [6, 6.07) is 15.1. The molecule has 160 valence electrons. The van der Waals surface area contributed by atoms with E-state index in [9.17, 15) is 18.0 Å². The number of hydrogen-bond donors (Lipinski definition) is 2. The minimum atomic E-state index is -3.79. The zero-order chi connectivity index (χ0) is 21.8. The second-order valence-corrected chi connectivity index (χ2v) is 9.60. The van der Waals surface area contributed by atoms with Crippen molar-refractivity contribution in [2.75, 3.05) is 18.5 Å². The van der Waals surface area contributed by atoms with Gasteiger partial charge in [0.25, 0.3) is 15.9 Å². The first-order valence-corrected chi connectivity index (χ1v) is 11.8. The molecule has 3 aromatic rings. The van der Waals surface area contributed by atoms with Gasteiger partial charge in [0.15, 0.2) is 6.61 Å². The number of rotatable bonds is 6. The molecular weight excluding hydrogens is 438 g/mol. The van der Waals surface area contributed by atoms with Gasteiger partial charge in [0.05, 0.1) is 4.90 Å². The predicted molar refractivity (Wildman–Crippen MR) is 119 cm³/mol. The lowest BCUT2D eigenvalue weighted by Gasteiger charge is -2.10. The molecule has 0 atom stereocenters. The number of anilines is 1. The highest BCUT2D eigenvalue weighted by Gasteiger charge is 2.19. The van der Waals surface area contributed by atoms with Crippen LogP contribution in [0.15, 0.2) is 64.5 Å². The Morgan fingerprint density at radius 3 is 2.71 bits per heavy atom. The number of nitrogens with one attached hydrogen (secondary N) is 2. The van der Waals surface area contributed by atoms with E-state index in [2.05, 4.69) is 15.0 Å². The van der Waals surface area contributed by atoms with Crippen molar-refractivity contribution < 1.29 is 22.7 Å². The maximum atomic E-state index is 12.5. The number of fused-ring (bicyclic) bond motifs is 1. The number of esters is 1. The van der Waals surface area contributed by atoms with E-state index in [4.69, 9.17) is 4.74 Å². The number of benzene rings is 2. The average Bonchev–Trinajstić information content (AvgIpc) is 3.41. The van der Waals surface area contributed by atoms with Gasteiger partial charge in [-0.3, -0.25) is 14.5 Å². The molecule has 31 heavy (non-hydrogen) atoms. The number of thiophene rings is 1. The highest BCUT2D eigenvalue weighted by Crippen LogP contribution is 2.25. The van der Waals surface area contributed by atoms with Gasteiger partial charge < -0.3 is 10.1 Å². The molecule has 0 bridgehead atoms. The molecule has 0 aliphatic carbocycles. The van der Waals surface area contributed by atoms with Crippen LogP contribution in [0.2, 0.25) is 0 Å². The molecule has 2 N–H and O–H groups in total. The van der Waals surface area contributed by atoms with Gasteiger partial charge in [-0.15, -0.1) is 11.3 Å². The van der Waals surface area contributed by atoms with E-state index in [1.54, 1.807) is 12.1 Å². The normalized spacial score (nSPS) is 13.6. The fraction of sp³-hybridized carbons (Fsp3) is 0.190. The first-order valence-electron chi connectivity index (χ1n) is 9.52. The second kappa shape index (κ2) is 8.86. The largest absolute Gasteiger partial charge is 0.451 e. The van der Waals surface area contributed by atoms with Crippen molar-refractivity contribution in [3.05, 3.63) is 59.5 Å². The summed E-state index contributed by atoms with van der Waals surface area (Å²) >= 11 is 1.29. The van der Waals surface area contributed by atoms with Gasteiger partial charge in [0.2, 0.25) is 0 Å². The molecule has 8 nitrogen and oxygen atoms in total. The number of carbonyl (C=O) groups excluding carboxylic acids is 2. The zero-order valence-electron chi connectivity index (χ0n) is 16.3. The molecule has 1 aliphatic rings. The average molecular weight is 458 g/mol. The van der Waals surface area contributed by atoms with Crippen LogP contribution in [0.5, 0.6) is 0 Å². The van der Waals surface area contributed by atoms with Crippen LogP contribution in [0.3, 0.4) is 0 Å². The Labute approximate surface area is 183 Å². The quantitative estimate of drug-likeness (QED) is 0.552. The predicted octanol–water partition coefficient (Wildman–Crippen LogP) is 3.17. The zero-order valence-corrected chi connectivity index (χ0v) is 18.0. The molecule has 0 unspecified atom stereocenters. The highest BCUT2D eigenvalue weighted by atomic mass is 32.2. The summed E-state index contributed by atoms with van der Waals surface area (Å²) in [5.74, 6) is -0.728. The lowest BCUT2D eigenvalue weighted by molar-refractivity contribution is -0.119. The molecule has 0 saturated heterocycles. The molecule has 0 radical (unpaired) electrons. The fourth-order valence-electron chi connectivity index (χ4n) is 3.06. The van der Waals surface area contributed by atoms with Crippen LogP contribution in [-0.4, -0.2) is 39.3 Å². The van der Waals surface area contributed by atoms with Crippen molar-refractivity contribution in [3.63, 3.8) is 0 Å². The number of nitrogens with zero attached hydrogens (tertiary/aromatic N) is 1. The standard InChI is InChI=1S/C21H19N3O5S2/c25-20(13-29-21(26)18-11-14-5-1-2-8-17(14)30-18)23-15-6-3-7-16(12-15)31(27,28)24-19-9-4-10-22-19/h1-3,5-8,11-12H,4,9-10,13H2,(H,22,24)(H,23,25). The molecule has 4 rings (SSSR count). The Hall–Kier alpha value is -3.24. The number of amidine groups is 1. The van der Waals surface area contributed by atoms with Crippen molar-refractivity contribution in [2.45, 2.75) is 17.7 Å². The molecule has 0 saturated carbocycles. The van der Waals surface area contributed by atoms with Crippen molar-refractivity contribution in [2.24, 2.45) is 4.99 Å². The molecule has 2 aromatic carbocycles. The molecule has 0 spiro atoms. The SMILES string of the molecule is O=C(COC(=O)c1cc2ccccc2s1)Nc1cccc(S(=O)(=O)NC2=NCCC2)c1. The van der Waals surface area contributed by atoms with E-state index < -0.39 is 28.5 Å². The number of hydrogen-bond acceptors (Lipinski definition) is 7. The maximum absolute atomic E-state index is 12.5. The number of aliphatic imine (C=N–C) groups is 1. The van der Waals surface area contributed by atoms with Gasteiger partial charge in [-0.2, -0.15) is 0 Å². The summed E-state index contributed by atoms with van der Waals surface area (Å²) < 4.78 is 33.5. The lowest BCUT2D eigenvalue weighted by atomic mass is 10.2. The second-order valence-electron chi connectivity index (χ2n) is 6.84. The molecule has 1 aliphatic heterocycles. The van der Waals surface area contributed by atoms with E-state index in [1.165, 1.54) is 29.5 Å². The topological polar surface area (TPSA) is 114 Å². The number of sulfonamides is 1. The first-order chi connectivity index (χ1) is 14.9. The Balaban J connectivity index is 1.36. The Bertz CT molecular complexity index is 1250. The van der Waals surface area contributed by atoms with Crippen LogP contribution < -0.4 is 10.0 Å². The summed E-state index contributed by atoms with van der Waals surface area (Å²) in [6.45, 7) is 0.118. The van der Waals surface area contributed by atoms with E-state index in [1.807, 2.05) is 24.3 Å². The number of ether oxygens (including phenoxy) is 1. The third kappa shape index (κ3) is 5.09. The number of carbonyl (C=O) groups is 2. The van der Waals surface area contributed by atoms with E-state index in [-0.39, 0.29) is 10.6 Å². The lowest BCUT2D eigenvalue weighted by Crippen LogP contribution is -2.29. The van der Waals surface area contributed by atoms with Crippen molar-refractivity contribution in [1.29, 1.82) is 0 Å². The van der Waals surface area contributed by atoms with Crippen LogP contribution in [0.1, 0.15) is 22.5 Å². The Morgan fingerprint density at radius 2 is 1.94 bits per heavy atom. The van der Waals surface area contributed by atoms with Crippen LogP contribution in [-0.2, 0) is 19.6 Å². The molecule has 1 aromatic heterocycles. The van der Waals surface area contributed by atoms with E-state index in [0.717, 1.165) is 16.5 Å². The van der Waals surface area contributed by atoms with Crippen LogP contribution >= 0.6 is 11.3 Å². The first kappa shape index (κ1) is 21.0. The van der Waals surface area contributed by atoms with Gasteiger partial charge in [-0.05, 0) is 42.1 Å². The summed E-state index contributed by atoms with van der Waals surface area (Å²) in [5.41, 5.74) is 0.277. The van der Waals surface area contributed by atoms with Crippen molar-refractivity contribution >= 4 is 54.8 Å². The summed E-state index contributed by atoms with van der Waals surface area (Å²) in [5, 5.41) is 3.48. The molecule has 2 heterocycles. The minimum Gasteiger partial charge on any atom is -0.451 e. The highest BCUT2D eigenvalue weighted by molar-refractivity contribution is 7.90. The Kier molecular flexibility index (Phi) is 6.01. The third-order valence-corrected chi connectivity index (χ3v) is 6.99. The van der Waals surface area contributed by atoms with Gasteiger partial charge in [0, 0.05) is 23.4 Å².